The van der Waals surface area contributed by atoms with Gasteiger partial charge in [-0.3, -0.25) is 4.98 Å². The number of rotatable bonds is 3. The summed E-state index contributed by atoms with van der Waals surface area (Å²) in [5.41, 5.74) is 4.08. The molecular formula is C20H15N3O2. The number of aromatic nitrogens is 3. The van der Waals surface area contributed by atoms with Crippen LogP contribution in [0.2, 0.25) is 0 Å². The van der Waals surface area contributed by atoms with E-state index in [4.69, 9.17) is 4.52 Å². The molecule has 25 heavy (non-hydrogen) atoms. The number of aromatic hydroxyl groups is 1. The second kappa shape index (κ2) is 6.20. The average molecular weight is 329 g/mol. The highest BCUT2D eigenvalue weighted by molar-refractivity contribution is 5.78. The molecule has 4 aromatic rings. The minimum absolute atomic E-state index is 0.102. The molecule has 122 valence electrons. The first-order valence-electron chi connectivity index (χ1n) is 7.87. The smallest absolute Gasteiger partial charge is 0.262 e. The maximum Gasteiger partial charge on any atom is 0.262 e. The van der Waals surface area contributed by atoms with Gasteiger partial charge in [-0.05, 0) is 30.7 Å². The number of hydrogen-bond donors (Lipinski definition) is 1. The van der Waals surface area contributed by atoms with Crippen LogP contribution in [-0.2, 0) is 0 Å². The molecule has 0 fully saturated rings. The number of phenols is 1. The quantitative estimate of drug-likeness (QED) is 0.600. The van der Waals surface area contributed by atoms with Crippen molar-refractivity contribution < 1.29 is 9.63 Å². The van der Waals surface area contributed by atoms with Crippen molar-refractivity contribution in [1.82, 2.24) is 15.1 Å². The number of pyridine rings is 1. The average Bonchev–Trinajstić information content (AvgIpc) is 3.14. The summed E-state index contributed by atoms with van der Waals surface area (Å²) in [6.07, 6.45) is 1.70. The normalized spacial score (nSPS) is 10.8. The number of hydrogen-bond acceptors (Lipinski definition) is 5. The summed E-state index contributed by atoms with van der Waals surface area (Å²) < 4.78 is 5.37. The highest BCUT2D eigenvalue weighted by Crippen LogP contribution is 2.32. The summed E-state index contributed by atoms with van der Waals surface area (Å²) in [7, 11) is 0. The maximum atomic E-state index is 10.1. The zero-order valence-corrected chi connectivity index (χ0v) is 13.5. The Hall–Kier alpha value is -3.47. The van der Waals surface area contributed by atoms with Gasteiger partial charge in [0.25, 0.3) is 5.89 Å². The van der Waals surface area contributed by atoms with Crippen LogP contribution in [0.1, 0.15) is 5.56 Å². The van der Waals surface area contributed by atoms with E-state index in [1.807, 2.05) is 61.5 Å². The summed E-state index contributed by atoms with van der Waals surface area (Å²) in [5, 5.41) is 14.1. The predicted octanol–water partition coefficient (Wildman–Crippen LogP) is 4.48. The second-order valence-electron chi connectivity index (χ2n) is 5.71. The topological polar surface area (TPSA) is 72.0 Å². The van der Waals surface area contributed by atoms with Crippen LogP contribution < -0.4 is 0 Å². The first-order chi connectivity index (χ1) is 12.2. The van der Waals surface area contributed by atoms with Gasteiger partial charge in [0.15, 0.2) is 0 Å². The lowest BCUT2D eigenvalue weighted by atomic mass is 10.0. The van der Waals surface area contributed by atoms with Gasteiger partial charge in [-0.1, -0.05) is 53.2 Å². The Balaban J connectivity index is 1.81. The lowest BCUT2D eigenvalue weighted by molar-refractivity contribution is 0.425. The van der Waals surface area contributed by atoms with Crippen LogP contribution >= 0.6 is 0 Å². The summed E-state index contributed by atoms with van der Waals surface area (Å²) in [4.78, 5) is 8.86. The monoisotopic (exact) mass is 329 g/mol. The molecule has 2 heterocycles. The van der Waals surface area contributed by atoms with Crippen LogP contribution in [0, 0.1) is 6.92 Å². The molecule has 0 saturated heterocycles. The van der Waals surface area contributed by atoms with E-state index < -0.39 is 0 Å². The van der Waals surface area contributed by atoms with Gasteiger partial charge < -0.3 is 9.63 Å². The van der Waals surface area contributed by atoms with Crippen molar-refractivity contribution in [2.24, 2.45) is 0 Å². The molecule has 0 atom stereocenters. The fourth-order valence-corrected chi connectivity index (χ4v) is 2.68. The SMILES string of the molecule is Cc1ccc(O)c(-c2nc(-c3ncccc3-c3ccccc3)no2)c1. The molecule has 5 heteroatoms. The molecule has 0 aliphatic rings. The summed E-state index contributed by atoms with van der Waals surface area (Å²) in [5.74, 6) is 0.751. The third-order valence-electron chi connectivity index (χ3n) is 3.91. The van der Waals surface area contributed by atoms with Crippen LogP contribution in [0.25, 0.3) is 34.1 Å². The van der Waals surface area contributed by atoms with Crippen molar-refractivity contribution in [3.05, 3.63) is 72.4 Å². The molecule has 0 aliphatic heterocycles. The predicted molar refractivity (Wildman–Crippen MR) is 94.8 cm³/mol. The van der Waals surface area contributed by atoms with E-state index >= 15 is 0 Å². The Labute approximate surface area is 144 Å². The van der Waals surface area contributed by atoms with Crippen molar-refractivity contribution in [2.45, 2.75) is 6.92 Å². The molecule has 0 bridgehead atoms. The number of nitrogens with zero attached hydrogens (tertiary/aromatic N) is 3. The largest absolute Gasteiger partial charge is 0.507 e. The molecule has 0 aliphatic carbocycles. The molecule has 0 amide bonds. The third-order valence-corrected chi connectivity index (χ3v) is 3.91. The zero-order chi connectivity index (χ0) is 17.2. The minimum atomic E-state index is 0.102. The van der Waals surface area contributed by atoms with E-state index in [0.717, 1.165) is 16.7 Å². The highest BCUT2D eigenvalue weighted by atomic mass is 16.5. The Morgan fingerprint density at radius 2 is 1.76 bits per heavy atom. The lowest BCUT2D eigenvalue weighted by Gasteiger charge is -2.05. The summed E-state index contributed by atoms with van der Waals surface area (Å²) >= 11 is 0. The first kappa shape index (κ1) is 15.1. The van der Waals surface area contributed by atoms with Gasteiger partial charge in [0.05, 0.1) is 5.56 Å². The molecule has 0 spiro atoms. The van der Waals surface area contributed by atoms with E-state index in [0.29, 0.717) is 17.1 Å². The Kier molecular flexibility index (Phi) is 3.74. The standard InChI is InChI=1S/C20H15N3O2/c1-13-9-10-17(24)16(12-13)20-22-19(23-25-20)18-15(8-5-11-21-18)14-6-3-2-4-7-14/h2-12,24H,1H3. The molecule has 4 rings (SSSR count). The molecule has 0 saturated carbocycles. The van der Waals surface area contributed by atoms with E-state index in [2.05, 4.69) is 15.1 Å². The maximum absolute atomic E-state index is 10.1. The van der Waals surface area contributed by atoms with Crippen LogP contribution in [-0.4, -0.2) is 20.2 Å². The van der Waals surface area contributed by atoms with E-state index in [1.165, 1.54) is 0 Å². The summed E-state index contributed by atoms with van der Waals surface area (Å²) in [6, 6.07) is 19.0. The molecule has 5 nitrogen and oxygen atoms in total. The van der Waals surface area contributed by atoms with E-state index in [-0.39, 0.29) is 11.6 Å². The molecule has 0 radical (unpaired) electrons. The van der Waals surface area contributed by atoms with Crippen LogP contribution in [0.15, 0.2) is 71.4 Å². The molecular weight excluding hydrogens is 314 g/mol. The second-order valence-corrected chi connectivity index (χ2v) is 5.71. The number of benzene rings is 2. The van der Waals surface area contributed by atoms with Gasteiger partial charge in [0.1, 0.15) is 11.4 Å². The zero-order valence-electron chi connectivity index (χ0n) is 13.5. The van der Waals surface area contributed by atoms with Gasteiger partial charge in [0.2, 0.25) is 5.82 Å². The van der Waals surface area contributed by atoms with E-state index in [9.17, 15) is 5.11 Å². The lowest BCUT2D eigenvalue weighted by Crippen LogP contribution is -1.90. The molecule has 0 unspecified atom stereocenters. The molecule has 2 aromatic heterocycles. The summed E-state index contributed by atoms with van der Waals surface area (Å²) in [6.45, 7) is 1.94. The van der Waals surface area contributed by atoms with Crippen LogP contribution in [0.4, 0.5) is 0 Å². The fourth-order valence-electron chi connectivity index (χ4n) is 2.68. The Morgan fingerprint density at radius 3 is 2.60 bits per heavy atom. The fraction of sp³-hybridized carbons (Fsp3) is 0.0500. The van der Waals surface area contributed by atoms with Crippen molar-refractivity contribution in [3.8, 4) is 39.8 Å². The van der Waals surface area contributed by atoms with Crippen molar-refractivity contribution in [1.29, 1.82) is 0 Å². The van der Waals surface area contributed by atoms with Crippen molar-refractivity contribution in [2.75, 3.05) is 0 Å². The van der Waals surface area contributed by atoms with Gasteiger partial charge >= 0.3 is 0 Å². The first-order valence-corrected chi connectivity index (χ1v) is 7.87. The van der Waals surface area contributed by atoms with Crippen molar-refractivity contribution in [3.63, 3.8) is 0 Å². The number of phenolic OH excluding ortho intramolecular Hbond substituents is 1. The molecule has 2 aromatic carbocycles. The van der Waals surface area contributed by atoms with Crippen LogP contribution in [0.3, 0.4) is 0 Å². The van der Waals surface area contributed by atoms with Gasteiger partial charge in [-0.15, -0.1) is 0 Å². The third kappa shape index (κ3) is 2.87. The highest BCUT2D eigenvalue weighted by Gasteiger charge is 2.17. The van der Waals surface area contributed by atoms with Gasteiger partial charge in [0, 0.05) is 11.8 Å². The van der Waals surface area contributed by atoms with Crippen molar-refractivity contribution >= 4 is 0 Å². The van der Waals surface area contributed by atoms with E-state index in [1.54, 1.807) is 12.3 Å². The Bertz CT molecular complexity index is 1030. The molecule has 1 N–H and O–H groups in total. The minimum Gasteiger partial charge on any atom is -0.507 e. The number of aryl methyl sites for hydroxylation is 1. The van der Waals surface area contributed by atoms with Gasteiger partial charge in [-0.25, -0.2) is 0 Å². The van der Waals surface area contributed by atoms with Crippen LogP contribution in [0.5, 0.6) is 5.75 Å². The van der Waals surface area contributed by atoms with Gasteiger partial charge in [-0.2, -0.15) is 4.98 Å². The Morgan fingerprint density at radius 1 is 0.920 bits per heavy atom.